The molecule has 1 aliphatic rings. The standard InChI is InChI=1S/C26H33FN2O7S.BrH/c1-8-34-19-12-16-13-29(25(28)21(16)22(27)24(19)35-9-2)14-18(30)15-10-17(26(3,4)5)23(33-6)20(11-15)36-37(7,31)32;/h10-12,28H,8-9,13-14H2,1-7H3;1H. The molecule has 0 radical (unpaired) electrons. The zero-order valence-electron chi connectivity index (χ0n) is 22.6. The number of hydrogen-bond acceptors (Lipinski definition) is 8. The molecule has 12 heteroatoms. The third kappa shape index (κ3) is 6.58. The lowest BCUT2D eigenvalue weighted by molar-refractivity contribution is 0.0962. The zero-order valence-corrected chi connectivity index (χ0v) is 25.1. The summed E-state index contributed by atoms with van der Waals surface area (Å²) in [6, 6.07) is 4.57. The topological polar surface area (TPSA) is 115 Å². The van der Waals surface area contributed by atoms with Crippen LogP contribution in [0.2, 0.25) is 0 Å². The minimum Gasteiger partial charge on any atom is -0.492 e. The quantitative estimate of drug-likeness (QED) is 0.297. The Morgan fingerprint density at radius 1 is 1.08 bits per heavy atom. The van der Waals surface area contributed by atoms with Gasteiger partial charge in [0.15, 0.2) is 34.6 Å². The summed E-state index contributed by atoms with van der Waals surface area (Å²) in [4.78, 5) is 14.8. The Labute approximate surface area is 233 Å². The van der Waals surface area contributed by atoms with Crippen LogP contribution in [0.25, 0.3) is 0 Å². The second kappa shape index (κ2) is 11.9. The number of Topliss-reactive ketones (excluding diaryl/α,β-unsaturated/α-hetero) is 1. The maximum Gasteiger partial charge on any atom is 0.306 e. The van der Waals surface area contributed by atoms with Crippen molar-refractivity contribution in [3.63, 3.8) is 0 Å². The number of rotatable bonds is 10. The molecule has 3 rings (SSSR count). The maximum absolute atomic E-state index is 15.4. The van der Waals surface area contributed by atoms with Gasteiger partial charge in [-0.3, -0.25) is 10.2 Å². The van der Waals surface area contributed by atoms with E-state index in [-0.39, 0.29) is 76.6 Å². The fourth-order valence-corrected chi connectivity index (χ4v) is 4.63. The van der Waals surface area contributed by atoms with Crippen molar-refractivity contribution in [2.45, 2.75) is 46.6 Å². The highest BCUT2D eigenvalue weighted by Crippen LogP contribution is 2.41. The zero-order chi connectivity index (χ0) is 27.7. The first kappa shape index (κ1) is 31.4. The fraction of sp³-hybridized carbons (Fsp3) is 0.462. The van der Waals surface area contributed by atoms with Crippen LogP contribution in [0, 0.1) is 11.2 Å². The lowest BCUT2D eigenvalue weighted by Gasteiger charge is -2.25. The number of halogens is 2. The smallest absolute Gasteiger partial charge is 0.306 e. The van der Waals surface area contributed by atoms with Crippen LogP contribution in [0.3, 0.4) is 0 Å². The van der Waals surface area contributed by atoms with Crippen molar-refractivity contribution in [3.8, 4) is 23.0 Å². The summed E-state index contributed by atoms with van der Waals surface area (Å²) in [6.45, 7) is 9.59. The highest BCUT2D eigenvalue weighted by Gasteiger charge is 2.34. The van der Waals surface area contributed by atoms with Gasteiger partial charge in [0.05, 0.1) is 38.7 Å². The van der Waals surface area contributed by atoms with E-state index < -0.39 is 27.1 Å². The number of benzene rings is 2. The van der Waals surface area contributed by atoms with Crippen LogP contribution in [0.5, 0.6) is 23.0 Å². The number of hydrogen-bond donors (Lipinski definition) is 1. The van der Waals surface area contributed by atoms with Gasteiger partial charge in [0.25, 0.3) is 0 Å². The van der Waals surface area contributed by atoms with Crippen molar-refractivity contribution in [2.75, 3.05) is 33.1 Å². The lowest BCUT2D eigenvalue weighted by atomic mass is 9.84. The number of ether oxygens (including phenoxy) is 3. The molecule has 0 aliphatic carbocycles. The molecule has 0 bridgehead atoms. The summed E-state index contributed by atoms with van der Waals surface area (Å²) in [6.07, 6.45) is 0.905. The Morgan fingerprint density at radius 2 is 1.71 bits per heavy atom. The van der Waals surface area contributed by atoms with E-state index in [1.54, 1.807) is 26.0 Å². The van der Waals surface area contributed by atoms with E-state index in [0.29, 0.717) is 17.7 Å². The molecule has 0 spiro atoms. The summed E-state index contributed by atoms with van der Waals surface area (Å²) in [5, 5.41) is 8.56. The molecule has 2 aromatic carbocycles. The highest BCUT2D eigenvalue weighted by atomic mass is 79.9. The van der Waals surface area contributed by atoms with Gasteiger partial charge in [-0.05, 0) is 43.0 Å². The normalized spacial score (nSPS) is 13.1. The molecule has 1 heterocycles. The van der Waals surface area contributed by atoms with Crippen molar-refractivity contribution in [2.24, 2.45) is 0 Å². The molecule has 9 nitrogen and oxygen atoms in total. The Kier molecular flexibility index (Phi) is 9.82. The average Bonchev–Trinajstić information content (AvgIpc) is 3.09. The summed E-state index contributed by atoms with van der Waals surface area (Å²) in [5.74, 6) is -0.964. The summed E-state index contributed by atoms with van der Waals surface area (Å²) in [7, 11) is -2.51. The van der Waals surface area contributed by atoms with Crippen LogP contribution >= 0.6 is 17.0 Å². The Hall–Kier alpha value is -2.86. The van der Waals surface area contributed by atoms with Crippen LogP contribution in [0.15, 0.2) is 18.2 Å². The van der Waals surface area contributed by atoms with Crippen LogP contribution in [-0.2, 0) is 22.1 Å². The van der Waals surface area contributed by atoms with Gasteiger partial charge in [0.2, 0.25) is 0 Å². The molecule has 0 amide bonds. The first-order chi connectivity index (χ1) is 17.2. The van der Waals surface area contributed by atoms with Gasteiger partial charge in [-0.15, -0.1) is 17.0 Å². The van der Waals surface area contributed by atoms with Gasteiger partial charge in [0.1, 0.15) is 5.84 Å². The largest absolute Gasteiger partial charge is 0.492 e. The second-order valence-corrected chi connectivity index (χ2v) is 11.2. The second-order valence-electron chi connectivity index (χ2n) is 9.64. The number of methoxy groups -OCH3 is 1. The number of nitrogens with one attached hydrogen (secondary N) is 1. The minimum absolute atomic E-state index is 0. The predicted octanol–water partition coefficient (Wildman–Crippen LogP) is 4.87. The number of carbonyl (C=O) groups excluding carboxylic acids is 1. The van der Waals surface area contributed by atoms with E-state index >= 15 is 4.39 Å². The van der Waals surface area contributed by atoms with Crippen LogP contribution in [-0.4, -0.2) is 58.1 Å². The van der Waals surface area contributed by atoms with E-state index in [1.807, 2.05) is 20.8 Å². The Morgan fingerprint density at radius 3 is 2.24 bits per heavy atom. The lowest BCUT2D eigenvalue weighted by Crippen LogP contribution is -2.30. The molecule has 1 aliphatic heterocycles. The molecule has 0 saturated carbocycles. The van der Waals surface area contributed by atoms with Gasteiger partial charge in [-0.25, -0.2) is 4.39 Å². The van der Waals surface area contributed by atoms with E-state index in [1.165, 1.54) is 18.1 Å². The molecule has 38 heavy (non-hydrogen) atoms. The SMILES string of the molecule is Br.CCOc1cc2c(c(F)c1OCC)C(=N)N(CC(=O)c1cc(OS(C)(=O)=O)c(OC)c(C(C)(C)C)c1)C2. The molecule has 2 aromatic rings. The van der Waals surface area contributed by atoms with Crippen molar-refractivity contribution in [3.05, 3.63) is 46.3 Å². The van der Waals surface area contributed by atoms with Gasteiger partial charge in [0, 0.05) is 17.7 Å². The molecule has 210 valence electrons. The maximum atomic E-state index is 15.4. The van der Waals surface area contributed by atoms with Crippen LogP contribution in [0.1, 0.15) is 61.7 Å². The number of nitrogens with zero attached hydrogens (tertiary/aromatic N) is 1. The van der Waals surface area contributed by atoms with Crippen molar-refractivity contribution >= 4 is 38.7 Å². The van der Waals surface area contributed by atoms with Gasteiger partial charge in [-0.1, -0.05) is 20.8 Å². The van der Waals surface area contributed by atoms with Gasteiger partial charge < -0.3 is 23.3 Å². The number of carbonyl (C=O) groups is 1. The molecule has 1 N–H and O–H groups in total. The molecule has 0 unspecified atom stereocenters. The summed E-state index contributed by atoms with van der Waals surface area (Å²) < 4.78 is 60.7. The average molecular weight is 618 g/mol. The van der Waals surface area contributed by atoms with E-state index in [2.05, 4.69) is 0 Å². The fourth-order valence-electron chi connectivity index (χ4n) is 4.18. The van der Waals surface area contributed by atoms with Crippen LogP contribution in [0.4, 0.5) is 4.39 Å². The summed E-state index contributed by atoms with van der Waals surface area (Å²) in [5.41, 5.74) is 0.813. The van der Waals surface area contributed by atoms with Crippen molar-refractivity contribution in [1.82, 2.24) is 4.90 Å². The third-order valence-corrected chi connectivity index (χ3v) is 6.22. The molecular weight excluding hydrogens is 583 g/mol. The first-order valence-corrected chi connectivity index (χ1v) is 13.6. The summed E-state index contributed by atoms with van der Waals surface area (Å²) >= 11 is 0. The Balaban J connectivity index is 0.00000507. The van der Waals surface area contributed by atoms with Crippen molar-refractivity contribution in [1.29, 1.82) is 5.41 Å². The van der Waals surface area contributed by atoms with Crippen LogP contribution < -0.4 is 18.4 Å². The number of amidine groups is 1. The number of ketones is 1. The van der Waals surface area contributed by atoms with Gasteiger partial charge >= 0.3 is 10.1 Å². The van der Waals surface area contributed by atoms with E-state index in [4.69, 9.17) is 23.8 Å². The molecule has 0 saturated heterocycles. The predicted molar refractivity (Wildman–Crippen MR) is 148 cm³/mol. The molecule has 0 atom stereocenters. The van der Waals surface area contributed by atoms with Crippen molar-refractivity contribution < 1.29 is 36.0 Å². The van der Waals surface area contributed by atoms with E-state index in [0.717, 1.165) is 6.26 Å². The highest BCUT2D eigenvalue weighted by molar-refractivity contribution is 8.93. The molecule has 0 aromatic heterocycles. The first-order valence-electron chi connectivity index (χ1n) is 11.8. The third-order valence-electron chi connectivity index (χ3n) is 5.74. The van der Waals surface area contributed by atoms with E-state index in [9.17, 15) is 13.2 Å². The minimum atomic E-state index is -3.91. The van der Waals surface area contributed by atoms with Gasteiger partial charge in [-0.2, -0.15) is 8.42 Å². The molecular formula is C26H34BrFN2O7S. The Bertz CT molecular complexity index is 1340. The number of fused-ring (bicyclic) bond motifs is 1. The molecule has 0 fully saturated rings. The monoisotopic (exact) mass is 616 g/mol.